The maximum atomic E-state index is 10.4. The van der Waals surface area contributed by atoms with Crippen LogP contribution in [0.4, 0.5) is 4.79 Å². The van der Waals surface area contributed by atoms with Gasteiger partial charge in [-0.05, 0) is 19.9 Å². The van der Waals surface area contributed by atoms with Gasteiger partial charge in [-0.15, -0.1) is 0 Å². The van der Waals surface area contributed by atoms with Gasteiger partial charge in [-0.25, -0.2) is 15.6 Å². The molecule has 0 aromatic carbocycles. The number of hydrogen-bond donors (Lipinski definition) is 3. The zero-order valence-electron chi connectivity index (χ0n) is 6.45. The Labute approximate surface area is 65.1 Å². The topological polar surface area (TPSA) is 78.6 Å². The Morgan fingerprint density at radius 2 is 2.45 bits per heavy atom. The average molecular weight is 159 g/mol. The van der Waals surface area contributed by atoms with E-state index in [2.05, 4.69) is 5.32 Å². The molecule has 1 rings (SSSR count). The third-order valence-electron chi connectivity index (χ3n) is 2.06. The molecule has 1 amide bonds. The van der Waals surface area contributed by atoms with Crippen molar-refractivity contribution >= 4 is 6.09 Å². The van der Waals surface area contributed by atoms with Crippen molar-refractivity contribution in [3.63, 3.8) is 0 Å². The predicted octanol–water partition coefficient (Wildman–Crippen LogP) is -0.409. The first-order valence-corrected chi connectivity index (χ1v) is 3.63. The van der Waals surface area contributed by atoms with Gasteiger partial charge in [0.05, 0.1) is 6.04 Å². The van der Waals surface area contributed by atoms with E-state index >= 15 is 0 Å². The number of carbonyl (C=O) groups is 1. The third kappa shape index (κ3) is 1.61. The summed E-state index contributed by atoms with van der Waals surface area (Å²) in [6.45, 7) is 2.77. The van der Waals surface area contributed by atoms with Crippen LogP contribution in [-0.4, -0.2) is 34.8 Å². The van der Waals surface area contributed by atoms with Gasteiger partial charge in [0.1, 0.15) is 0 Å². The number of nitrogens with zero attached hydrogens (tertiary/aromatic N) is 1. The van der Waals surface area contributed by atoms with E-state index in [9.17, 15) is 4.79 Å². The number of nitrogens with two attached hydrogens (primary N) is 1. The molecule has 0 spiro atoms. The second kappa shape index (κ2) is 3.06. The van der Waals surface area contributed by atoms with Crippen molar-refractivity contribution in [1.29, 1.82) is 0 Å². The minimum atomic E-state index is -1.06. The highest BCUT2D eigenvalue weighted by molar-refractivity contribution is 5.64. The van der Waals surface area contributed by atoms with Crippen molar-refractivity contribution in [3.05, 3.63) is 0 Å². The second-order valence-corrected chi connectivity index (χ2v) is 2.79. The first kappa shape index (κ1) is 8.29. The molecule has 5 nitrogen and oxygen atoms in total. The number of hydrogen-bond acceptors (Lipinski definition) is 3. The van der Waals surface area contributed by atoms with Gasteiger partial charge in [0.15, 0.2) is 0 Å². The number of carboxylic acid groups (broad SMARTS) is 1. The second-order valence-electron chi connectivity index (χ2n) is 2.79. The molecule has 1 heterocycles. The smallest absolute Gasteiger partial charge is 0.421 e. The molecule has 0 saturated carbocycles. The Bertz CT molecular complexity index is 162. The van der Waals surface area contributed by atoms with Gasteiger partial charge in [0.2, 0.25) is 0 Å². The lowest BCUT2D eigenvalue weighted by atomic mass is 10.1. The predicted molar refractivity (Wildman–Crippen MR) is 39.9 cm³/mol. The largest absolute Gasteiger partial charge is 0.464 e. The molecule has 1 saturated heterocycles. The quantitative estimate of drug-likeness (QED) is 0.276. The molecule has 0 aliphatic carbocycles. The summed E-state index contributed by atoms with van der Waals surface area (Å²) >= 11 is 0. The molecular weight excluding hydrogens is 146 g/mol. The molecule has 0 aromatic heterocycles. The molecule has 11 heavy (non-hydrogen) atoms. The molecule has 0 radical (unpaired) electrons. The van der Waals surface area contributed by atoms with Crippen molar-refractivity contribution in [2.45, 2.75) is 25.4 Å². The molecule has 0 bridgehead atoms. The Morgan fingerprint density at radius 1 is 1.82 bits per heavy atom. The van der Waals surface area contributed by atoms with E-state index in [0.29, 0.717) is 0 Å². The monoisotopic (exact) mass is 159 g/mol. The van der Waals surface area contributed by atoms with Crippen molar-refractivity contribution in [1.82, 2.24) is 10.3 Å². The van der Waals surface area contributed by atoms with Crippen LogP contribution >= 0.6 is 0 Å². The highest BCUT2D eigenvalue weighted by Gasteiger charge is 2.29. The third-order valence-corrected chi connectivity index (χ3v) is 2.06. The van der Waals surface area contributed by atoms with Crippen molar-refractivity contribution in [2.24, 2.45) is 5.84 Å². The lowest BCUT2D eigenvalue weighted by molar-refractivity contribution is 0.122. The van der Waals surface area contributed by atoms with Crippen LogP contribution in [-0.2, 0) is 0 Å². The summed E-state index contributed by atoms with van der Waals surface area (Å²) in [5.41, 5.74) is 0. The molecule has 64 valence electrons. The highest BCUT2D eigenvalue weighted by Crippen LogP contribution is 2.11. The molecule has 5 heteroatoms. The van der Waals surface area contributed by atoms with Crippen LogP contribution in [0, 0.1) is 0 Å². The van der Waals surface area contributed by atoms with Gasteiger partial charge >= 0.3 is 6.09 Å². The minimum absolute atomic E-state index is 0.0764. The number of amides is 1. The standard InChI is InChI=1S/C6H13N3O2/c1-4-5(2-3-8-4)9(7)6(10)11/h4-5,8H,2-3,7H2,1H3,(H,10,11)/t4?,5-/m1/s1. The highest BCUT2D eigenvalue weighted by atomic mass is 16.4. The number of rotatable bonds is 1. The number of nitrogens with one attached hydrogen (secondary N) is 1. The fourth-order valence-corrected chi connectivity index (χ4v) is 1.37. The Kier molecular flexibility index (Phi) is 2.31. The molecule has 0 aromatic rings. The van der Waals surface area contributed by atoms with Gasteiger partial charge in [0.25, 0.3) is 0 Å². The lowest BCUT2D eigenvalue weighted by Crippen LogP contribution is -2.49. The summed E-state index contributed by atoms with van der Waals surface area (Å²) in [5.74, 6) is 5.31. The van der Waals surface area contributed by atoms with E-state index in [1.165, 1.54) is 0 Å². The van der Waals surface area contributed by atoms with Gasteiger partial charge in [-0.3, -0.25) is 0 Å². The van der Waals surface area contributed by atoms with Crippen molar-refractivity contribution in [3.8, 4) is 0 Å². The molecule has 4 N–H and O–H groups in total. The molecule has 1 fully saturated rings. The lowest BCUT2D eigenvalue weighted by Gasteiger charge is -2.23. The van der Waals surface area contributed by atoms with Crippen LogP contribution < -0.4 is 11.2 Å². The summed E-state index contributed by atoms with van der Waals surface area (Å²) in [5, 5.41) is 12.5. The maximum Gasteiger partial charge on any atom is 0.421 e. The summed E-state index contributed by atoms with van der Waals surface area (Å²) < 4.78 is 0. The summed E-state index contributed by atoms with van der Waals surface area (Å²) in [6.07, 6.45) is -0.269. The van der Waals surface area contributed by atoms with Gasteiger partial charge in [0, 0.05) is 6.04 Å². The normalized spacial score (nSPS) is 30.4. The van der Waals surface area contributed by atoms with Crippen LogP contribution in [0.1, 0.15) is 13.3 Å². The average Bonchev–Trinajstić information content (AvgIpc) is 2.33. The molecule has 1 unspecified atom stereocenters. The van der Waals surface area contributed by atoms with E-state index in [1.807, 2.05) is 6.92 Å². The summed E-state index contributed by atoms with van der Waals surface area (Å²) in [7, 11) is 0. The van der Waals surface area contributed by atoms with E-state index in [0.717, 1.165) is 18.0 Å². The summed E-state index contributed by atoms with van der Waals surface area (Å²) in [6, 6.07) is 0.0867. The molecule has 2 atom stereocenters. The molecule has 1 aliphatic rings. The first-order valence-electron chi connectivity index (χ1n) is 3.63. The Balaban J connectivity index is 2.52. The molecule has 1 aliphatic heterocycles. The van der Waals surface area contributed by atoms with E-state index in [1.54, 1.807) is 0 Å². The summed E-state index contributed by atoms with van der Waals surface area (Å²) in [4.78, 5) is 10.4. The Morgan fingerprint density at radius 3 is 2.82 bits per heavy atom. The fraction of sp³-hybridized carbons (Fsp3) is 0.833. The van der Waals surface area contributed by atoms with Gasteiger partial charge in [-0.2, -0.15) is 0 Å². The first-order chi connectivity index (χ1) is 5.13. The van der Waals surface area contributed by atoms with Crippen LogP contribution in [0.2, 0.25) is 0 Å². The van der Waals surface area contributed by atoms with Crippen LogP contribution in [0.5, 0.6) is 0 Å². The van der Waals surface area contributed by atoms with E-state index < -0.39 is 6.09 Å². The fourth-order valence-electron chi connectivity index (χ4n) is 1.37. The zero-order valence-corrected chi connectivity index (χ0v) is 6.45. The van der Waals surface area contributed by atoms with Crippen molar-refractivity contribution < 1.29 is 9.90 Å². The van der Waals surface area contributed by atoms with Crippen LogP contribution in [0.3, 0.4) is 0 Å². The van der Waals surface area contributed by atoms with Gasteiger partial charge in [-0.1, -0.05) is 0 Å². The van der Waals surface area contributed by atoms with Crippen molar-refractivity contribution in [2.75, 3.05) is 6.54 Å². The van der Waals surface area contributed by atoms with E-state index in [4.69, 9.17) is 10.9 Å². The maximum absolute atomic E-state index is 10.4. The van der Waals surface area contributed by atoms with Crippen LogP contribution in [0.25, 0.3) is 0 Å². The molecular formula is C6H13N3O2. The van der Waals surface area contributed by atoms with E-state index in [-0.39, 0.29) is 12.1 Å². The van der Waals surface area contributed by atoms with Crippen LogP contribution in [0.15, 0.2) is 0 Å². The SMILES string of the molecule is CC1NCC[C@H]1N(N)C(=O)O. The Hall–Kier alpha value is -0.810. The number of hydrazine groups is 1. The van der Waals surface area contributed by atoms with Gasteiger partial charge < -0.3 is 10.4 Å². The minimum Gasteiger partial charge on any atom is -0.464 e. The zero-order chi connectivity index (χ0) is 8.43.